The number of rotatable bonds is 3. The molecule has 110 valence electrons. The lowest BCUT2D eigenvalue weighted by atomic mass is 10.0. The molecule has 1 atom stereocenters. The second-order valence-corrected chi connectivity index (χ2v) is 4.79. The summed E-state index contributed by atoms with van der Waals surface area (Å²) in [6, 6.07) is 8.82. The first kappa shape index (κ1) is 15.5. The fourth-order valence-electron chi connectivity index (χ4n) is 1.75. The van der Waals surface area contributed by atoms with Gasteiger partial charge >= 0.3 is 6.18 Å². The molecule has 0 spiro atoms. The largest absolute Gasteiger partial charge is 0.416 e. The molecule has 0 radical (unpaired) electrons. The molecule has 0 N–H and O–H groups in total. The normalized spacial score (nSPS) is 13.0. The van der Waals surface area contributed by atoms with Gasteiger partial charge in [0.15, 0.2) is 5.78 Å². The maximum atomic E-state index is 12.8. The fourth-order valence-corrected chi connectivity index (χ4v) is 2.02. The van der Waals surface area contributed by atoms with E-state index in [1.807, 2.05) is 0 Å². The van der Waals surface area contributed by atoms with Crippen molar-refractivity contribution in [3.05, 3.63) is 71.0 Å². The molecule has 0 saturated heterocycles. The summed E-state index contributed by atoms with van der Waals surface area (Å²) in [6.45, 7) is 0. The van der Waals surface area contributed by atoms with E-state index in [4.69, 9.17) is 11.6 Å². The van der Waals surface area contributed by atoms with Gasteiger partial charge < -0.3 is 0 Å². The summed E-state index contributed by atoms with van der Waals surface area (Å²) in [7, 11) is 0. The van der Waals surface area contributed by atoms with Gasteiger partial charge in [0.05, 0.1) is 5.56 Å². The fraction of sp³-hybridized carbons (Fsp3) is 0.133. The zero-order valence-electron chi connectivity index (χ0n) is 10.5. The number of hydrogen-bond donors (Lipinski definition) is 0. The third-order valence-electron chi connectivity index (χ3n) is 2.89. The molecule has 2 aromatic rings. The van der Waals surface area contributed by atoms with E-state index in [0.717, 1.165) is 36.4 Å². The van der Waals surface area contributed by atoms with Crippen LogP contribution in [0, 0.1) is 5.82 Å². The van der Waals surface area contributed by atoms with Gasteiger partial charge in [0.25, 0.3) is 0 Å². The molecule has 0 aliphatic rings. The summed E-state index contributed by atoms with van der Waals surface area (Å²) in [5.74, 6) is -1.01. The van der Waals surface area contributed by atoms with Crippen molar-refractivity contribution >= 4 is 17.4 Å². The molecule has 0 aliphatic heterocycles. The minimum absolute atomic E-state index is 0.0623. The minimum atomic E-state index is -4.46. The Balaban J connectivity index is 2.21. The van der Waals surface area contributed by atoms with Crippen LogP contribution in [-0.4, -0.2) is 5.78 Å². The van der Waals surface area contributed by atoms with Crippen LogP contribution in [0.3, 0.4) is 0 Å². The van der Waals surface area contributed by atoms with Crippen LogP contribution in [-0.2, 0) is 6.18 Å². The lowest BCUT2D eigenvalue weighted by molar-refractivity contribution is -0.137. The molecule has 2 aromatic carbocycles. The lowest BCUT2D eigenvalue weighted by Crippen LogP contribution is -2.09. The first-order chi connectivity index (χ1) is 9.79. The van der Waals surface area contributed by atoms with Crippen molar-refractivity contribution in [2.24, 2.45) is 0 Å². The van der Waals surface area contributed by atoms with Gasteiger partial charge in [0.2, 0.25) is 0 Å². The quantitative estimate of drug-likeness (QED) is 0.442. The van der Waals surface area contributed by atoms with Gasteiger partial charge in [-0.05, 0) is 29.8 Å². The van der Waals surface area contributed by atoms with E-state index in [1.54, 1.807) is 0 Å². The molecular weight excluding hydrogens is 308 g/mol. The van der Waals surface area contributed by atoms with E-state index in [-0.39, 0.29) is 5.56 Å². The van der Waals surface area contributed by atoms with Gasteiger partial charge in [-0.15, -0.1) is 11.6 Å². The molecule has 0 fully saturated rings. The molecule has 0 aliphatic carbocycles. The van der Waals surface area contributed by atoms with Crippen LogP contribution in [0.25, 0.3) is 0 Å². The van der Waals surface area contributed by atoms with Crippen LogP contribution in [0.2, 0.25) is 0 Å². The summed E-state index contributed by atoms with van der Waals surface area (Å²) in [4.78, 5) is 12.1. The van der Waals surface area contributed by atoms with Gasteiger partial charge in [-0.25, -0.2) is 4.39 Å². The molecule has 1 unspecified atom stereocenters. The Morgan fingerprint density at radius 2 is 1.48 bits per heavy atom. The van der Waals surface area contributed by atoms with E-state index >= 15 is 0 Å². The Labute approximate surface area is 123 Å². The molecule has 0 bridgehead atoms. The average Bonchev–Trinajstić information content (AvgIpc) is 2.46. The Morgan fingerprint density at radius 1 is 0.952 bits per heavy atom. The molecular formula is C15H9ClF4O. The van der Waals surface area contributed by atoms with Crippen molar-refractivity contribution in [3.63, 3.8) is 0 Å². The number of carbonyl (C=O) groups excluding carboxylic acids is 1. The third-order valence-corrected chi connectivity index (χ3v) is 3.34. The Hall–Kier alpha value is -1.88. The van der Waals surface area contributed by atoms with Crippen LogP contribution >= 0.6 is 11.6 Å². The van der Waals surface area contributed by atoms with E-state index in [1.165, 1.54) is 12.1 Å². The summed E-state index contributed by atoms with van der Waals surface area (Å²) >= 11 is 5.98. The van der Waals surface area contributed by atoms with Gasteiger partial charge in [0.1, 0.15) is 11.2 Å². The number of alkyl halides is 4. The number of ketones is 1. The van der Waals surface area contributed by atoms with E-state index in [0.29, 0.717) is 5.56 Å². The highest BCUT2D eigenvalue weighted by Crippen LogP contribution is 2.30. The van der Waals surface area contributed by atoms with E-state index < -0.39 is 28.7 Å². The van der Waals surface area contributed by atoms with Crippen molar-refractivity contribution in [2.75, 3.05) is 0 Å². The number of benzene rings is 2. The SMILES string of the molecule is O=C(c1ccc(C(F)(F)F)cc1)C(Cl)c1ccc(F)cc1. The number of carbonyl (C=O) groups is 1. The molecule has 1 nitrogen and oxygen atoms in total. The average molecular weight is 317 g/mol. The molecule has 0 aromatic heterocycles. The van der Waals surface area contributed by atoms with E-state index in [2.05, 4.69) is 0 Å². The van der Waals surface area contributed by atoms with Crippen molar-refractivity contribution in [1.29, 1.82) is 0 Å². The highest BCUT2D eigenvalue weighted by Gasteiger charge is 2.30. The monoisotopic (exact) mass is 316 g/mol. The highest BCUT2D eigenvalue weighted by molar-refractivity contribution is 6.33. The topological polar surface area (TPSA) is 17.1 Å². The summed E-state index contributed by atoms with van der Waals surface area (Å²) < 4.78 is 50.1. The molecule has 0 amide bonds. The Morgan fingerprint density at radius 3 is 1.95 bits per heavy atom. The van der Waals surface area contributed by atoms with Gasteiger partial charge in [-0.2, -0.15) is 13.2 Å². The zero-order valence-corrected chi connectivity index (χ0v) is 11.3. The van der Waals surface area contributed by atoms with Crippen LogP contribution in [0.5, 0.6) is 0 Å². The number of Topliss-reactive ketones (excluding diaryl/α,β-unsaturated/α-hetero) is 1. The molecule has 21 heavy (non-hydrogen) atoms. The summed E-state index contributed by atoms with van der Waals surface area (Å²) in [6.07, 6.45) is -4.46. The zero-order chi connectivity index (χ0) is 15.6. The molecule has 6 heteroatoms. The molecule has 0 heterocycles. The summed E-state index contributed by atoms with van der Waals surface area (Å²) in [5, 5.41) is -1.08. The predicted octanol–water partition coefficient (Wildman–Crippen LogP) is 5.01. The van der Waals surface area contributed by atoms with Crippen molar-refractivity contribution in [3.8, 4) is 0 Å². The van der Waals surface area contributed by atoms with Crippen LogP contribution < -0.4 is 0 Å². The maximum Gasteiger partial charge on any atom is 0.416 e. The van der Waals surface area contributed by atoms with Crippen LogP contribution in [0.4, 0.5) is 17.6 Å². The molecule has 2 rings (SSSR count). The maximum absolute atomic E-state index is 12.8. The lowest BCUT2D eigenvalue weighted by Gasteiger charge is -2.10. The van der Waals surface area contributed by atoms with Gasteiger partial charge in [-0.3, -0.25) is 4.79 Å². The van der Waals surface area contributed by atoms with E-state index in [9.17, 15) is 22.4 Å². The number of hydrogen-bond acceptors (Lipinski definition) is 1. The number of halogens is 5. The smallest absolute Gasteiger partial charge is 0.292 e. The second kappa shape index (κ2) is 5.85. The Bertz CT molecular complexity index is 632. The molecule has 0 saturated carbocycles. The first-order valence-electron chi connectivity index (χ1n) is 5.90. The second-order valence-electron chi connectivity index (χ2n) is 4.35. The van der Waals surface area contributed by atoms with Crippen LogP contribution in [0.15, 0.2) is 48.5 Å². The Kier molecular flexibility index (Phi) is 4.32. The highest BCUT2D eigenvalue weighted by atomic mass is 35.5. The van der Waals surface area contributed by atoms with Gasteiger partial charge in [0, 0.05) is 5.56 Å². The third kappa shape index (κ3) is 3.61. The predicted molar refractivity (Wildman–Crippen MR) is 70.8 cm³/mol. The van der Waals surface area contributed by atoms with Crippen molar-refractivity contribution < 1.29 is 22.4 Å². The van der Waals surface area contributed by atoms with Gasteiger partial charge in [-0.1, -0.05) is 24.3 Å². The summed E-state index contributed by atoms with van der Waals surface area (Å²) in [5.41, 5.74) is -0.401. The van der Waals surface area contributed by atoms with Crippen molar-refractivity contribution in [2.45, 2.75) is 11.6 Å². The van der Waals surface area contributed by atoms with Crippen molar-refractivity contribution in [1.82, 2.24) is 0 Å². The minimum Gasteiger partial charge on any atom is -0.292 e. The standard InChI is InChI=1S/C15H9ClF4O/c16-13(9-3-7-12(17)8-4-9)14(21)10-1-5-11(6-2-10)15(18,19)20/h1-8,13H. The first-order valence-corrected chi connectivity index (χ1v) is 6.33. The van der Waals surface area contributed by atoms with Crippen LogP contribution in [0.1, 0.15) is 26.9 Å².